The number of benzene rings is 7. The second kappa shape index (κ2) is 20.4. The zero-order chi connectivity index (χ0) is 50.1. The maximum Gasteiger partial charge on any atom is 3.00 e. The van der Waals surface area contributed by atoms with Crippen LogP contribution in [0.2, 0.25) is 0 Å². The van der Waals surface area contributed by atoms with E-state index in [2.05, 4.69) is 69.5 Å². The first-order valence-electron chi connectivity index (χ1n) is 25.0. The Labute approximate surface area is 407 Å². The summed E-state index contributed by atoms with van der Waals surface area (Å²) in [6.45, 7) is 0. The molecule has 4 heteroatoms. The predicted molar refractivity (Wildman–Crippen MR) is 262 cm³/mol. The van der Waals surface area contributed by atoms with Crippen molar-refractivity contribution in [2.24, 2.45) is 0 Å². The summed E-state index contributed by atoms with van der Waals surface area (Å²) >= 11 is 0. The minimum absolute atomic E-state index is 0. The van der Waals surface area contributed by atoms with E-state index >= 15 is 0 Å². The Morgan fingerprint density at radius 1 is 0.323 bits per heavy atom. The second-order valence-electron chi connectivity index (χ2n) is 15.1. The van der Waals surface area contributed by atoms with Crippen molar-refractivity contribution in [3.8, 4) is 78.3 Å². The maximum atomic E-state index is 9.69. The average molecular weight is 1020 g/mol. The molecule has 312 valence electrons. The fourth-order valence-corrected chi connectivity index (χ4v) is 7.65. The van der Waals surface area contributed by atoms with Crippen molar-refractivity contribution in [3.63, 3.8) is 0 Å². The quantitative estimate of drug-likeness (QED) is 0.108. The minimum Gasteiger partial charge on any atom is -0.305 e. The molecular weight excluding hydrogens is 967 g/mol. The van der Waals surface area contributed by atoms with Gasteiger partial charge >= 0.3 is 20.1 Å². The molecule has 0 aliphatic rings. The summed E-state index contributed by atoms with van der Waals surface area (Å²) in [5, 5.41) is 0. The molecule has 0 saturated carbocycles. The Morgan fingerprint density at radius 3 is 1.31 bits per heavy atom. The number of aromatic nitrogens is 3. The Morgan fingerprint density at radius 2 is 0.785 bits per heavy atom. The largest absolute Gasteiger partial charge is 3.00 e. The van der Waals surface area contributed by atoms with Crippen LogP contribution in [0.3, 0.4) is 0 Å². The first kappa shape index (κ1) is 34.1. The molecule has 3 nitrogen and oxygen atoms in total. The molecule has 3 heterocycles. The molecule has 0 aliphatic heterocycles. The second-order valence-corrected chi connectivity index (χ2v) is 15.1. The summed E-state index contributed by atoms with van der Waals surface area (Å²) in [6.07, 6.45) is -5.98. The van der Waals surface area contributed by atoms with E-state index in [-0.39, 0.29) is 42.4 Å². The molecule has 10 aromatic rings. The van der Waals surface area contributed by atoms with Gasteiger partial charge in [0.25, 0.3) is 0 Å². The number of hydrogen-bond donors (Lipinski definition) is 0. The van der Waals surface area contributed by atoms with Crippen molar-refractivity contribution in [2.75, 3.05) is 0 Å². The van der Waals surface area contributed by atoms with E-state index in [0.29, 0.717) is 39.2 Å². The smallest absolute Gasteiger partial charge is 0.305 e. The molecule has 0 radical (unpaired) electrons. The van der Waals surface area contributed by atoms with Crippen LogP contribution in [0.5, 0.6) is 0 Å². The van der Waals surface area contributed by atoms with E-state index in [0.717, 1.165) is 39.1 Å². The zero-order valence-electron chi connectivity index (χ0n) is 43.0. The number of pyridine rings is 3. The van der Waals surface area contributed by atoms with Crippen LogP contribution in [0.25, 0.3) is 78.3 Å². The van der Waals surface area contributed by atoms with Crippen LogP contribution < -0.4 is 0 Å². The van der Waals surface area contributed by atoms with Crippen molar-refractivity contribution in [3.05, 3.63) is 259 Å². The van der Waals surface area contributed by atoms with Crippen LogP contribution in [0.15, 0.2) is 219 Å². The van der Waals surface area contributed by atoms with E-state index in [4.69, 9.17) is 0 Å². The minimum atomic E-state index is -2.81. The van der Waals surface area contributed by atoms with E-state index in [1.807, 2.05) is 84.9 Å². The van der Waals surface area contributed by atoms with Gasteiger partial charge in [0.2, 0.25) is 0 Å². The van der Waals surface area contributed by atoms with Gasteiger partial charge in [0, 0.05) is 29.6 Å². The van der Waals surface area contributed by atoms with Gasteiger partial charge in [0.1, 0.15) is 0 Å². The molecule has 10 rings (SSSR count). The Bertz CT molecular complexity index is 3360. The maximum absolute atomic E-state index is 9.69. The van der Waals surface area contributed by atoms with E-state index < -0.39 is 25.5 Å². The van der Waals surface area contributed by atoms with Crippen LogP contribution in [0.4, 0.5) is 0 Å². The van der Waals surface area contributed by atoms with Crippen molar-refractivity contribution >= 4 is 0 Å². The summed E-state index contributed by atoms with van der Waals surface area (Å²) in [7, 11) is 0. The summed E-state index contributed by atoms with van der Waals surface area (Å²) in [5.41, 5.74) is 9.90. The topological polar surface area (TPSA) is 38.7 Å². The van der Waals surface area contributed by atoms with Gasteiger partial charge in [-0.15, -0.1) is 94.5 Å². The van der Waals surface area contributed by atoms with Crippen molar-refractivity contribution < 1.29 is 31.1 Å². The first-order chi connectivity index (χ1) is 34.7. The third-order valence-corrected chi connectivity index (χ3v) is 10.9. The van der Waals surface area contributed by atoms with E-state index in [9.17, 15) is 11.0 Å². The van der Waals surface area contributed by atoms with Gasteiger partial charge in [0.05, 0.1) is 0 Å². The summed E-state index contributed by atoms with van der Waals surface area (Å²) in [6, 6.07) is 69.6. The van der Waals surface area contributed by atoms with Gasteiger partial charge < -0.3 is 15.0 Å². The Balaban J connectivity index is 0.00000656. The van der Waals surface area contributed by atoms with Crippen molar-refractivity contribution in [1.82, 2.24) is 15.0 Å². The van der Waals surface area contributed by atoms with Gasteiger partial charge in [-0.05, 0) is 87.0 Å². The van der Waals surface area contributed by atoms with Crippen LogP contribution >= 0.6 is 0 Å². The number of rotatable bonds is 13. The fourth-order valence-electron chi connectivity index (χ4n) is 7.65. The van der Waals surface area contributed by atoms with E-state index in [1.54, 1.807) is 67.1 Å². The first-order valence-corrected chi connectivity index (χ1v) is 21.0. The molecule has 0 aliphatic carbocycles. The molecule has 65 heavy (non-hydrogen) atoms. The molecule has 0 fully saturated rings. The normalized spacial score (nSPS) is 13.6. The third-order valence-electron chi connectivity index (χ3n) is 10.9. The molecule has 0 atom stereocenters. The Kier molecular flexibility index (Phi) is 10.7. The van der Waals surface area contributed by atoms with Gasteiger partial charge in [-0.1, -0.05) is 163 Å². The zero-order valence-corrected chi connectivity index (χ0v) is 37.4. The van der Waals surface area contributed by atoms with Crippen LogP contribution in [-0.4, -0.2) is 15.0 Å². The predicted octanol–water partition coefficient (Wildman–Crippen LogP) is 14.5. The number of nitrogens with zero attached hydrogens (tertiary/aromatic N) is 3. The number of hydrogen-bond acceptors (Lipinski definition) is 3. The molecule has 0 unspecified atom stereocenters. The SMILES string of the molecule is [2H]C([2H])(c1c[c-]c(-c2ccccn2)cc1)C([2H])([2H])c1cc(-c2ccccc2-c2c[c-]c(-c3ccccn3)cc2-c2ccc(-c3ccccc3)cc2)cc(C([2H])([2H])C([2H])([2H])c2c[c-]c(-c3ccccn3)cc2)c1.[Ir+3]. The molecule has 0 amide bonds. The van der Waals surface area contributed by atoms with Crippen molar-refractivity contribution in [2.45, 2.75) is 25.5 Å². The molecule has 7 aromatic carbocycles. The third kappa shape index (κ3) is 10.2. The molecular formula is C61H44IrN3. The molecule has 0 spiro atoms. The van der Waals surface area contributed by atoms with Crippen molar-refractivity contribution in [1.29, 1.82) is 0 Å². The molecule has 0 saturated heterocycles. The van der Waals surface area contributed by atoms with Crippen LogP contribution in [0, 0.1) is 18.2 Å². The average Bonchev–Trinajstić information content (AvgIpc) is 3.43. The van der Waals surface area contributed by atoms with Gasteiger partial charge in [0.15, 0.2) is 0 Å². The van der Waals surface area contributed by atoms with Gasteiger partial charge in [-0.2, -0.15) is 0 Å². The summed E-state index contributed by atoms with van der Waals surface area (Å²) < 4.78 is 76.6. The number of aryl methyl sites for hydroxylation is 4. The Hall–Kier alpha value is -7.36. The molecule has 3 aromatic heterocycles. The van der Waals surface area contributed by atoms with Crippen LogP contribution in [0.1, 0.15) is 33.2 Å². The monoisotopic (exact) mass is 1020 g/mol. The van der Waals surface area contributed by atoms with Gasteiger partial charge in [-0.25, -0.2) is 0 Å². The van der Waals surface area contributed by atoms with Crippen LogP contribution in [-0.2, 0) is 45.6 Å². The van der Waals surface area contributed by atoms with E-state index in [1.165, 1.54) is 30.3 Å². The molecule has 0 bridgehead atoms. The standard InChI is InChI=1S/C61H44N3.Ir/c1-2-12-48(13-3-1)49-31-33-50(34-32-49)58-43-53(61-18-8-11-39-64-61)35-36-57(58)56-15-5-4-14-55(56)54-41-46(21-19-44-23-27-51(28-24-44)59-16-6-9-37-62-59)40-47(42-54)22-20-45-25-29-52(30-26-45)60-17-7-10-38-63-60;/h1-18,23-27,29,31-34,36-43H,19-22H2;/q-3;+3/i19D2,20D2,21D2,22D2;. The summed E-state index contributed by atoms with van der Waals surface area (Å²) in [4.78, 5) is 13.4. The summed E-state index contributed by atoms with van der Waals surface area (Å²) in [5.74, 6) is 0. The molecule has 0 N–H and O–H groups in total. The fraction of sp³-hybridized carbons (Fsp3) is 0.0656. The van der Waals surface area contributed by atoms with Gasteiger partial charge in [-0.3, -0.25) is 0 Å².